The molecule has 0 saturated heterocycles. The number of halogens is 2. The number of carbonyl (C=O) groups excluding carboxylic acids is 1. The van der Waals surface area contributed by atoms with Gasteiger partial charge in [0.25, 0.3) is 0 Å². The molecule has 2 nitrogen and oxygen atoms in total. The first kappa shape index (κ1) is 12.1. The van der Waals surface area contributed by atoms with Gasteiger partial charge in [0.15, 0.2) is 5.78 Å². The van der Waals surface area contributed by atoms with Gasteiger partial charge in [-0.1, -0.05) is 28.1 Å². The van der Waals surface area contributed by atoms with Crippen molar-refractivity contribution in [3.05, 3.63) is 50.5 Å². The summed E-state index contributed by atoms with van der Waals surface area (Å²) in [5, 5.41) is 0. The van der Waals surface area contributed by atoms with Crippen molar-refractivity contribution in [2.45, 2.75) is 12.8 Å². The molecule has 0 amide bonds. The van der Waals surface area contributed by atoms with Crippen molar-refractivity contribution >= 4 is 37.6 Å². The van der Waals surface area contributed by atoms with Crippen LogP contribution in [0.5, 0.6) is 0 Å². The number of carbonyl (C=O) groups is 1. The van der Waals surface area contributed by atoms with Crippen LogP contribution in [0.15, 0.2) is 39.4 Å². The van der Waals surface area contributed by atoms with Crippen LogP contribution in [0.3, 0.4) is 0 Å². The van der Waals surface area contributed by atoms with Crippen LogP contribution in [0.1, 0.15) is 22.3 Å². The quantitative estimate of drug-likeness (QED) is 0.691. The number of nitrogens with zero attached hydrogens (tertiary/aromatic N) is 1. The van der Waals surface area contributed by atoms with Crippen LogP contribution in [-0.4, -0.2) is 10.8 Å². The average molecular weight is 367 g/mol. The smallest absolute Gasteiger partial charge is 0.165 e. The number of ketones is 1. The topological polar surface area (TPSA) is 30.0 Å². The molecule has 0 spiro atoms. The van der Waals surface area contributed by atoms with Crippen molar-refractivity contribution in [1.29, 1.82) is 0 Å². The fourth-order valence-corrected chi connectivity index (χ4v) is 3.17. The fourth-order valence-electron chi connectivity index (χ4n) is 2.27. The van der Waals surface area contributed by atoms with Crippen LogP contribution < -0.4 is 0 Å². The molecule has 1 aliphatic carbocycles. The van der Waals surface area contributed by atoms with Gasteiger partial charge in [0, 0.05) is 32.7 Å². The summed E-state index contributed by atoms with van der Waals surface area (Å²) in [6.07, 6.45) is 3.02. The molecule has 0 fully saturated rings. The number of pyridine rings is 1. The lowest BCUT2D eigenvalue weighted by Crippen LogP contribution is -2.00. The first-order valence-electron chi connectivity index (χ1n) is 5.63. The Bertz CT molecular complexity index is 652. The molecule has 2 aromatic rings. The molecule has 0 N–H and O–H groups in total. The minimum absolute atomic E-state index is 0.155. The number of Topliss-reactive ketones (excluding diaryl/α,β-unsaturated/α-hetero) is 1. The van der Waals surface area contributed by atoms with Crippen molar-refractivity contribution in [3.63, 3.8) is 0 Å². The molecule has 0 unspecified atom stereocenters. The lowest BCUT2D eigenvalue weighted by molar-refractivity contribution is 0.0984. The Kier molecular flexibility index (Phi) is 3.08. The van der Waals surface area contributed by atoms with E-state index in [2.05, 4.69) is 36.8 Å². The number of benzene rings is 1. The summed E-state index contributed by atoms with van der Waals surface area (Å²) < 4.78 is 1.89. The maximum absolute atomic E-state index is 12.2. The van der Waals surface area contributed by atoms with E-state index in [4.69, 9.17) is 0 Å². The minimum atomic E-state index is 0.155. The number of hydrogen-bond donors (Lipinski definition) is 0. The van der Waals surface area contributed by atoms with Crippen LogP contribution in [0.25, 0.3) is 11.3 Å². The maximum atomic E-state index is 12.2. The number of rotatable bonds is 0. The van der Waals surface area contributed by atoms with E-state index in [-0.39, 0.29) is 5.78 Å². The van der Waals surface area contributed by atoms with Crippen molar-refractivity contribution < 1.29 is 4.79 Å². The third-order valence-electron chi connectivity index (χ3n) is 3.13. The van der Waals surface area contributed by atoms with Gasteiger partial charge in [0.1, 0.15) is 0 Å². The Morgan fingerprint density at radius 1 is 1.11 bits per heavy atom. The summed E-state index contributed by atoms with van der Waals surface area (Å²) in [6, 6.07) is 7.87. The Labute approximate surface area is 122 Å². The summed E-state index contributed by atoms with van der Waals surface area (Å²) in [5.41, 5.74) is 3.72. The molecule has 1 heterocycles. The van der Waals surface area contributed by atoms with Crippen LogP contribution in [0.2, 0.25) is 0 Å². The third kappa shape index (κ3) is 1.93. The van der Waals surface area contributed by atoms with Gasteiger partial charge in [-0.05, 0) is 40.0 Å². The summed E-state index contributed by atoms with van der Waals surface area (Å²) in [4.78, 5) is 16.6. The monoisotopic (exact) mass is 365 g/mol. The second kappa shape index (κ2) is 4.59. The van der Waals surface area contributed by atoms with Crippen LogP contribution in [0.4, 0.5) is 0 Å². The van der Waals surface area contributed by atoms with E-state index in [0.717, 1.165) is 26.6 Å². The lowest BCUT2D eigenvalue weighted by Gasteiger charge is -2.09. The van der Waals surface area contributed by atoms with Gasteiger partial charge >= 0.3 is 0 Å². The molecule has 1 aromatic heterocycles. The van der Waals surface area contributed by atoms with Crippen molar-refractivity contribution in [3.8, 4) is 11.3 Å². The molecule has 0 saturated carbocycles. The van der Waals surface area contributed by atoms with E-state index in [1.807, 2.05) is 24.3 Å². The van der Waals surface area contributed by atoms with Gasteiger partial charge < -0.3 is 0 Å². The molecule has 0 atom stereocenters. The van der Waals surface area contributed by atoms with E-state index in [0.29, 0.717) is 12.0 Å². The molecular weight excluding hydrogens is 358 g/mol. The predicted molar refractivity (Wildman–Crippen MR) is 77.7 cm³/mol. The van der Waals surface area contributed by atoms with Gasteiger partial charge in [-0.25, -0.2) is 0 Å². The number of hydrogen-bond acceptors (Lipinski definition) is 2. The molecule has 3 rings (SSSR count). The minimum Gasteiger partial charge on any atom is -0.294 e. The summed E-state index contributed by atoms with van der Waals surface area (Å²) >= 11 is 6.93. The average Bonchev–Trinajstić information content (AvgIpc) is 2.49. The fraction of sp³-hybridized carbons (Fsp3) is 0.143. The largest absolute Gasteiger partial charge is 0.294 e. The SMILES string of the molecule is O=C1CCc2c(Br)cccc2-c2ncc(Br)cc21. The summed E-state index contributed by atoms with van der Waals surface area (Å²) in [7, 11) is 0. The van der Waals surface area contributed by atoms with Gasteiger partial charge in [0.2, 0.25) is 0 Å². The first-order valence-corrected chi connectivity index (χ1v) is 7.22. The molecular formula is C14H9Br2NO. The normalized spacial score (nSPS) is 13.8. The highest BCUT2D eigenvalue weighted by molar-refractivity contribution is 9.10. The Hall–Kier alpha value is -1.00. The predicted octanol–water partition coefficient (Wildman–Crippen LogP) is 4.40. The second-order valence-corrected chi connectivity index (χ2v) is 6.01. The Morgan fingerprint density at radius 2 is 1.94 bits per heavy atom. The van der Waals surface area contributed by atoms with Gasteiger partial charge in [-0.2, -0.15) is 0 Å². The molecule has 18 heavy (non-hydrogen) atoms. The highest BCUT2D eigenvalue weighted by atomic mass is 79.9. The molecule has 0 bridgehead atoms. The van der Waals surface area contributed by atoms with Crippen LogP contribution in [-0.2, 0) is 6.42 Å². The van der Waals surface area contributed by atoms with E-state index in [1.54, 1.807) is 6.20 Å². The second-order valence-electron chi connectivity index (χ2n) is 4.24. The lowest BCUT2D eigenvalue weighted by atomic mass is 10.0. The number of aromatic nitrogens is 1. The van der Waals surface area contributed by atoms with E-state index >= 15 is 0 Å². The Morgan fingerprint density at radius 3 is 2.78 bits per heavy atom. The van der Waals surface area contributed by atoms with Crippen molar-refractivity contribution in [2.24, 2.45) is 0 Å². The standard InChI is InChI=1S/C14H9Br2NO/c15-8-6-11-13(18)5-4-9-10(14(11)17-7-8)2-1-3-12(9)16/h1-3,6-7H,4-5H2. The Balaban J connectivity index is 2.33. The highest BCUT2D eigenvalue weighted by Crippen LogP contribution is 2.35. The molecule has 4 heteroatoms. The van der Waals surface area contributed by atoms with E-state index in [1.165, 1.54) is 5.56 Å². The molecule has 0 radical (unpaired) electrons. The van der Waals surface area contributed by atoms with Gasteiger partial charge in [-0.15, -0.1) is 0 Å². The van der Waals surface area contributed by atoms with Crippen LogP contribution in [0, 0.1) is 0 Å². The first-order chi connectivity index (χ1) is 8.66. The van der Waals surface area contributed by atoms with Gasteiger partial charge in [0.05, 0.1) is 5.69 Å². The number of fused-ring (bicyclic) bond motifs is 3. The van der Waals surface area contributed by atoms with E-state index < -0.39 is 0 Å². The molecule has 90 valence electrons. The van der Waals surface area contributed by atoms with E-state index in [9.17, 15) is 4.79 Å². The van der Waals surface area contributed by atoms with Gasteiger partial charge in [-0.3, -0.25) is 9.78 Å². The zero-order chi connectivity index (χ0) is 12.7. The third-order valence-corrected chi connectivity index (χ3v) is 4.31. The summed E-state index contributed by atoms with van der Waals surface area (Å²) in [6.45, 7) is 0. The van der Waals surface area contributed by atoms with Crippen molar-refractivity contribution in [2.75, 3.05) is 0 Å². The zero-order valence-corrected chi connectivity index (χ0v) is 12.6. The zero-order valence-electron chi connectivity index (χ0n) is 9.41. The molecule has 1 aliphatic rings. The molecule has 0 aliphatic heterocycles. The summed E-state index contributed by atoms with van der Waals surface area (Å²) in [5.74, 6) is 0.155. The van der Waals surface area contributed by atoms with Crippen LogP contribution >= 0.6 is 31.9 Å². The molecule has 1 aromatic carbocycles. The maximum Gasteiger partial charge on any atom is 0.165 e. The van der Waals surface area contributed by atoms with Crippen molar-refractivity contribution in [1.82, 2.24) is 4.98 Å². The highest BCUT2D eigenvalue weighted by Gasteiger charge is 2.22.